The van der Waals surface area contributed by atoms with Crippen LogP contribution in [0.25, 0.3) is 0 Å². The SMILES string of the molecule is CCCNCc1cnc(C2CCOC2)[nH]c1=O. The van der Waals surface area contributed by atoms with Crippen LogP contribution in [-0.2, 0) is 11.3 Å². The molecule has 1 aliphatic rings. The van der Waals surface area contributed by atoms with E-state index in [1.807, 2.05) is 0 Å². The molecule has 0 bridgehead atoms. The molecule has 0 radical (unpaired) electrons. The molecule has 2 rings (SSSR count). The summed E-state index contributed by atoms with van der Waals surface area (Å²) in [5.41, 5.74) is 0.659. The Balaban J connectivity index is 2.03. The minimum Gasteiger partial charge on any atom is -0.381 e. The van der Waals surface area contributed by atoms with E-state index in [4.69, 9.17) is 4.74 Å². The van der Waals surface area contributed by atoms with Crippen molar-refractivity contribution in [2.45, 2.75) is 32.2 Å². The van der Waals surface area contributed by atoms with Crippen LogP contribution in [0.4, 0.5) is 0 Å². The number of H-pyrrole nitrogens is 1. The average molecular weight is 237 g/mol. The van der Waals surface area contributed by atoms with Gasteiger partial charge in [0.2, 0.25) is 0 Å². The topological polar surface area (TPSA) is 67.0 Å². The number of ether oxygens (including phenoxy) is 1. The third kappa shape index (κ3) is 3.14. The molecule has 94 valence electrons. The zero-order chi connectivity index (χ0) is 12.1. The molecule has 1 atom stereocenters. The monoisotopic (exact) mass is 237 g/mol. The molecule has 0 spiro atoms. The molecule has 1 aromatic heterocycles. The molecule has 5 heteroatoms. The first-order valence-corrected chi connectivity index (χ1v) is 6.17. The van der Waals surface area contributed by atoms with Gasteiger partial charge in [0.1, 0.15) is 5.82 Å². The molecule has 1 fully saturated rings. The third-order valence-electron chi connectivity index (χ3n) is 2.95. The van der Waals surface area contributed by atoms with Crippen LogP contribution in [0, 0.1) is 0 Å². The van der Waals surface area contributed by atoms with Crippen LogP contribution in [0.1, 0.15) is 37.1 Å². The number of aromatic amines is 1. The molecule has 2 N–H and O–H groups in total. The Labute approximate surface area is 101 Å². The van der Waals surface area contributed by atoms with E-state index in [1.165, 1.54) is 0 Å². The highest BCUT2D eigenvalue weighted by atomic mass is 16.5. The summed E-state index contributed by atoms with van der Waals surface area (Å²) in [6, 6.07) is 0. The van der Waals surface area contributed by atoms with E-state index in [2.05, 4.69) is 22.2 Å². The zero-order valence-corrected chi connectivity index (χ0v) is 10.2. The van der Waals surface area contributed by atoms with Crippen LogP contribution in [0.2, 0.25) is 0 Å². The Kier molecular flexibility index (Phi) is 4.28. The molecule has 0 saturated carbocycles. The summed E-state index contributed by atoms with van der Waals surface area (Å²) in [6.45, 7) is 5.01. The molecule has 2 heterocycles. The molecular weight excluding hydrogens is 218 g/mol. The summed E-state index contributed by atoms with van der Waals surface area (Å²) < 4.78 is 5.29. The number of nitrogens with one attached hydrogen (secondary N) is 2. The lowest BCUT2D eigenvalue weighted by Gasteiger charge is -2.07. The van der Waals surface area contributed by atoms with Gasteiger partial charge in [0.15, 0.2) is 0 Å². The maximum absolute atomic E-state index is 11.8. The Morgan fingerprint density at radius 2 is 2.53 bits per heavy atom. The van der Waals surface area contributed by atoms with E-state index < -0.39 is 0 Å². The fraction of sp³-hybridized carbons (Fsp3) is 0.667. The average Bonchev–Trinajstić information content (AvgIpc) is 2.85. The molecule has 5 nitrogen and oxygen atoms in total. The number of nitrogens with zero attached hydrogens (tertiary/aromatic N) is 1. The zero-order valence-electron chi connectivity index (χ0n) is 10.2. The van der Waals surface area contributed by atoms with Crippen molar-refractivity contribution in [3.05, 3.63) is 27.9 Å². The first-order chi connectivity index (χ1) is 8.31. The second-order valence-corrected chi connectivity index (χ2v) is 4.36. The van der Waals surface area contributed by atoms with Gasteiger partial charge in [-0.05, 0) is 19.4 Å². The van der Waals surface area contributed by atoms with E-state index in [1.54, 1.807) is 6.20 Å². The Morgan fingerprint density at radius 3 is 3.18 bits per heavy atom. The van der Waals surface area contributed by atoms with Crippen molar-refractivity contribution in [1.29, 1.82) is 0 Å². The van der Waals surface area contributed by atoms with Gasteiger partial charge in [-0.15, -0.1) is 0 Å². The summed E-state index contributed by atoms with van der Waals surface area (Å²) in [5, 5.41) is 3.20. The summed E-state index contributed by atoms with van der Waals surface area (Å²) in [5.74, 6) is 1.01. The van der Waals surface area contributed by atoms with E-state index >= 15 is 0 Å². The molecule has 0 aliphatic carbocycles. The quantitative estimate of drug-likeness (QED) is 0.742. The lowest BCUT2D eigenvalue weighted by Crippen LogP contribution is -2.24. The standard InChI is InChI=1S/C12H19N3O2/c1-2-4-13-6-10-7-14-11(15-12(10)16)9-3-5-17-8-9/h7,9,13H,2-6,8H2,1H3,(H,14,15,16). The second kappa shape index (κ2) is 5.93. The van der Waals surface area contributed by atoms with E-state index in [-0.39, 0.29) is 11.5 Å². The van der Waals surface area contributed by atoms with Crippen LogP contribution in [-0.4, -0.2) is 29.7 Å². The Bertz CT molecular complexity index is 410. The first kappa shape index (κ1) is 12.3. The van der Waals surface area contributed by atoms with Crippen molar-refractivity contribution in [1.82, 2.24) is 15.3 Å². The number of hydrogen-bond acceptors (Lipinski definition) is 4. The fourth-order valence-electron chi connectivity index (χ4n) is 1.92. The maximum Gasteiger partial charge on any atom is 0.255 e. The first-order valence-electron chi connectivity index (χ1n) is 6.17. The Hall–Kier alpha value is -1.20. The number of aromatic nitrogens is 2. The number of rotatable bonds is 5. The van der Waals surface area contributed by atoms with E-state index in [0.29, 0.717) is 18.7 Å². The van der Waals surface area contributed by atoms with Gasteiger partial charge in [-0.25, -0.2) is 4.98 Å². The Morgan fingerprint density at radius 1 is 1.65 bits per heavy atom. The van der Waals surface area contributed by atoms with E-state index in [9.17, 15) is 4.79 Å². The lowest BCUT2D eigenvalue weighted by atomic mass is 10.1. The summed E-state index contributed by atoms with van der Waals surface area (Å²) >= 11 is 0. The van der Waals surface area contributed by atoms with Crippen molar-refractivity contribution in [3.8, 4) is 0 Å². The minimum absolute atomic E-state index is 0.0366. The predicted molar refractivity (Wildman–Crippen MR) is 65.0 cm³/mol. The van der Waals surface area contributed by atoms with Gasteiger partial charge in [0, 0.05) is 30.8 Å². The molecule has 0 aromatic carbocycles. The van der Waals surface area contributed by atoms with Crippen molar-refractivity contribution in [2.24, 2.45) is 0 Å². The van der Waals surface area contributed by atoms with Crippen molar-refractivity contribution in [2.75, 3.05) is 19.8 Å². The van der Waals surface area contributed by atoms with Crippen LogP contribution >= 0.6 is 0 Å². The summed E-state index contributed by atoms with van der Waals surface area (Å²) in [7, 11) is 0. The smallest absolute Gasteiger partial charge is 0.255 e. The lowest BCUT2D eigenvalue weighted by molar-refractivity contribution is 0.193. The molecule has 0 amide bonds. The molecule has 1 saturated heterocycles. The second-order valence-electron chi connectivity index (χ2n) is 4.36. The van der Waals surface area contributed by atoms with Crippen molar-refractivity contribution < 1.29 is 4.74 Å². The molecule has 1 aliphatic heterocycles. The van der Waals surface area contributed by atoms with Gasteiger partial charge in [0.25, 0.3) is 5.56 Å². The summed E-state index contributed by atoms with van der Waals surface area (Å²) in [4.78, 5) is 19.0. The van der Waals surface area contributed by atoms with E-state index in [0.717, 1.165) is 31.8 Å². The summed E-state index contributed by atoms with van der Waals surface area (Å²) in [6.07, 6.45) is 3.67. The third-order valence-corrected chi connectivity index (χ3v) is 2.95. The van der Waals surface area contributed by atoms with Gasteiger partial charge in [-0.1, -0.05) is 6.92 Å². The fourth-order valence-corrected chi connectivity index (χ4v) is 1.92. The van der Waals surface area contributed by atoms with Gasteiger partial charge in [0.05, 0.1) is 6.61 Å². The highest BCUT2D eigenvalue weighted by molar-refractivity contribution is 5.08. The highest BCUT2D eigenvalue weighted by Crippen LogP contribution is 2.20. The largest absolute Gasteiger partial charge is 0.381 e. The van der Waals surface area contributed by atoms with Crippen LogP contribution < -0.4 is 10.9 Å². The van der Waals surface area contributed by atoms with Gasteiger partial charge in [-0.3, -0.25) is 4.79 Å². The highest BCUT2D eigenvalue weighted by Gasteiger charge is 2.20. The normalized spacial score (nSPS) is 19.7. The van der Waals surface area contributed by atoms with Gasteiger partial charge in [-0.2, -0.15) is 0 Å². The van der Waals surface area contributed by atoms with Crippen molar-refractivity contribution >= 4 is 0 Å². The molecule has 1 unspecified atom stereocenters. The van der Waals surface area contributed by atoms with Gasteiger partial charge < -0.3 is 15.0 Å². The molecule has 17 heavy (non-hydrogen) atoms. The molecular formula is C12H19N3O2. The maximum atomic E-state index is 11.8. The van der Waals surface area contributed by atoms with Gasteiger partial charge >= 0.3 is 0 Å². The minimum atomic E-state index is -0.0366. The van der Waals surface area contributed by atoms with Crippen LogP contribution in [0.15, 0.2) is 11.0 Å². The van der Waals surface area contributed by atoms with Crippen LogP contribution in [0.5, 0.6) is 0 Å². The number of hydrogen-bond donors (Lipinski definition) is 2. The van der Waals surface area contributed by atoms with Crippen LogP contribution in [0.3, 0.4) is 0 Å². The predicted octanol–water partition coefficient (Wildman–Crippen LogP) is 0.773. The molecule has 1 aromatic rings. The van der Waals surface area contributed by atoms with Crippen molar-refractivity contribution in [3.63, 3.8) is 0 Å².